The normalized spacial score (nSPS) is 25.1. The van der Waals surface area contributed by atoms with Gasteiger partial charge < -0.3 is 9.80 Å². The summed E-state index contributed by atoms with van der Waals surface area (Å²) in [6.07, 6.45) is 1.52. The average Bonchev–Trinajstić information content (AvgIpc) is 2.97. The third-order valence-corrected chi connectivity index (χ3v) is 5.27. The molecule has 130 valence electrons. The molecule has 0 saturated carbocycles. The Morgan fingerprint density at radius 2 is 1.92 bits per heavy atom. The Morgan fingerprint density at radius 3 is 2.58 bits per heavy atom. The minimum atomic E-state index is -0.129. The minimum Gasteiger partial charge on any atom is -0.341 e. The lowest BCUT2D eigenvalue weighted by Gasteiger charge is -2.46. The molecule has 3 rings (SSSR count). The molecule has 2 saturated heterocycles. The van der Waals surface area contributed by atoms with Crippen LogP contribution >= 0.6 is 0 Å². The Hall–Kier alpha value is -1.88. The van der Waals surface area contributed by atoms with Crippen LogP contribution in [-0.2, 0) is 9.59 Å². The fraction of sp³-hybridized carbons (Fsp3) is 0.579. The molecule has 2 aliphatic rings. The molecule has 1 aromatic carbocycles. The predicted octanol–water partition coefficient (Wildman–Crippen LogP) is 1.98. The van der Waals surface area contributed by atoms with Gasteiger partial charge in [0.15, 0.2) is 0 Å². The first-order chi connectivity index (χ1) is 11.4. The number of nitrogens with zero attached hydrogens (tertiary/aromatic N) is 3. The Balaban J connectivity index is 1.77. The molecule has 0 unspecified atom stereocenters. The summed E-state index contributed by atoms with van der Waals surface area (Å²) in [5.41, 5.74) is 0.818. The van der Waals surface area contributed by atoms with E-state index in [1.54, 1.807) is 0 Å². The van der Waals surface area contributed by atoms with Gasteiger partial charge in [-0.1, -0.05) is 32.0 Å². The molecular formula is C19H27N3O2. The Labute approximate surface area is 144 Å². The van der Waals surface area contributed by atoms with Crippen LogP contribution < -0.4 is 4.90 Å². The molecule has 1 atom stereocenters. The molecule has 0 bridgehead atoms. The number of anilines is 1. The van der Waals surface area contributed by atoms with E-state index in [2.05, 4.69) is 18.7 Å². The zero-order chi connectivity index (χ0) is 17.3. The van der Waals surface area contributed by atoms with Gasteiger partial charge in [0.25, 0.3) is 0 Å². The lowest BCUT2D eigenvalue weighted by molar-refractivity contribution is -0.131. The van der Waals surface area contributed by atoms with Gasteiger partial charge in [0.2, 0.25) is 11.8 Å². The quantitative estimate of drug-likeness (QED) is 0.852. The molecular weight excluding hydrogens is 302 g/mol. The van der Waals surface area contributed by atoms with Crippen molar-refractivity contribution < 1.29 is 9.59 Å². The smallest absolute Gasteiger partial charge is 0.241 e. The molecule has 1 spiro atoms. The first-order valence-electron chi connectivity index (χ1n) is 8.76. The van der Waals surface area contributed by atoms with Crippen molar-refractivity contribution in [1.82, 2.24) is 9.80 Å². The summed E-state index contributed by atoms with van der Waals surface area (Å²) in [5, 5.41) is 0. The van der Waals surface area contributed by atoms with Gasteiger partial charge in [0.1, 0.15) is 0 Å². The molecule has 2 aliphatic heterocycles. The summed E-state index contributed by atoms with van der Waals surface area (Å²) in [6.45, 7) is 6.70. The number of hydrogen-bond donors (Lipinski definition) is 0. The fourth-order valence-corrected chi connectivity index (χ4v) is 3.79. The van der Waals surface area contributed by atoms with Gasteiger partial charge in [0, 0.05) is 31.7 Å². The first-order valence-corrected chi connectivity index (χ1v) is 8.76. The van der Waals surface area contributed by atoms with E-state index >= 15 is 0 Å². The number of amides is 2. The number of carbonyl (C=O) groups excluding carboxylic acids is 2. The second-order valence-corrected chi connectivity index (χ2v) is 7.56. The van der Waals surface area contributed by atoms with E-state index in [0.717, 1.165) is 18.7 Å². The van der Waals surface area contributed by atoms with E-state index in [0.29, 0.717) is 32.0 Å². The standard InChI is InChI=1S/C19H27N3O2/c1-15(2)11-17(23)21-10-9-19(13-21)14-22(18(24)12-20(19)3)16-7-5-4-6-8-16/h4-8,15H,9-14H2,1-3H3/t19-/m0/s1. The second-order valence-electron chi connectivity index (χ2n) is 7.56. The zero-order valence-electron chi connectivity index (χ0n) is 14.9. The highest BCUT2D eigenvalue weighted by Gasteiger charge is 2.48. The summed E-state index contributed by atoms with van der Waals surface area (Å²) >= 11 is 0. The number of piperazine rings is 1. The zero-order valence-corrected chi connectivity index (χ0v) is 14.9. The summed E-state index contributed by atoms with van der Waals surface area (Å²) in [4.78, 5) is 31.0. The maximum atomic E-state index is 12.5. The van der Waals surface area contributed by atoms with Crippen molar-refractivity contribution >= 4 is 17.5 Å². The van der Waals surface area contributed by atoms with Crippen LogP contribution in [0.2, 0.25) is 0 Å². The molecule has 0 radical (unpaired) electrons. The molecule has 1 aromatic rings. The van der Waals surface area contributed by atoms with Gasteiger partial charge >= 0.3 is 0 Å². The number of para-hydroxylation sites is 1. The molecule has 24 heavy (non-hydrogen) atoms. The van der Waals surface area contributed by atoms with E-state index < -0.39 is 0 Å². The highest BCUT2D eigenvalue weighted by molar-refractivity contribution is 5.96. The van der Waals surface area contributed by atoms with Crippen molar-refractivity contribution in [3.8, 4) is 0 Å². The van der Waals surface area contributed by atoms with E-state index in [-0.39, 0.29) is 17.4 Å². The largest absolute Gasteiger partial charge is 0.341 e. The molecule has 5 heteroatoms. The van der Waals surface area contributed by atoms with Crippen molar-refractivity contribution in [3.05, 3.63) is 30.3 Å². The molecule has 2 heterocycles. The number of rotatable bonds is 3. The first kappa shape index (κ1) is 17.0. The summed E-state index contributed by atoms with van der Waals surface area (Å²) in [7, 11) is 2.01. The molecule has 0 aliphatic carbocycles. The van der Waals surface area contributed by atoms with Gasteiger partial charge in [0.05, 0.1) is 12.1 Å². The lowest BCUT2D eigenvalue weighted by Crippen LogP contribution is -2.64. The van der Waals surface area contributed by atoms with Crippen LogP contribution in [0.4, 0.5) is 5.69 Å². The van der Waals surface area contributed by atoms with Gasteiger partial charge in [-0.25, -0.2) is 0 Å². The SMILES string of the molecule is CC(C)CC(=O)N1CC[C@]2(C1)CN(c1ccccc1)C(=O)CN2C. The van der Waals surface area contributed by atoms with E-state index in [1.807, 2.05) is 47.2 Å². The fourth-order valence-electron chi connectivity index (χ4n) is 3.79. The van der Waals surface area contributed by atoms with E-state index in [1.165, 1.54) is 0 Å². The summed E-state index contributed by atoms with van der Waals surface area (Å²) in [6, 6.07) is 9.84. The van der Waals surface area contributed by atoms with E-state index in [4.69, 9.17) is 0 Å². The Kier molecular flexibility index (Phi) is 4.63. The number of hydrogen-bond acceptors (Lipinski definition) is 3. The van der Waals surface area contributed by atoms with Crippen LogP contribution in [0, 0.1) is 5.92 Å². The number of carbonyl (C=O) groups is 2. The van der Waals surface area contributed by atoms with Crippen LogP contribution in [0.15, 0.2) is 30.3 Å². The third-order valence-electron chi connectivity index (χ3n) is 5.27. The van der Waals surface area contributed by atoms with Crippen molar-refractivity contribution in [1.29, 1.82) is 0 Å². The van der Waals surface area contributed by atoms with E-state index in [9.17, 15) is 9.59 Å². The highest BCUT2D eigenvalue weighted by Crippen LogP contribution is 2.33. The summed E-state index contributed by atoms with van der Waals surface area (Å²) < 4.78 is 0. The van der Waals surface area contributed by atoms with Crippen LogP contribution in [0.1, 0.15) is 26.7 Å². The minimum absolute atomic E-state index is 0.126. The van der Waals surface area contributed by atoms with Gasteiger partial charge in [-0.3, -0.25) is 14.5 Å². The number of likely N-dealkylation sites (tertiary alicyclic amines) is 1. The number of likely N-dealkylation sites (N-methyl/N-ethyl adjacent to an activating group) is 1. The average molecular weight is 329 g/mol. The van der Waals surface area contributed by atoms with Gasteiger partial charge in [-0.05, 0) is 31.5 Å². The lowest BCUT2D eigenvalue weighted by atomic mass is 9.92. The van der Waals surface area contributed by atoms with Gasteiger partial charge in [-0.2, -0.15) is 0 Å². The third kappa shape index (κ3) is 3.18. The van der Waals surface area contributed by atoms with Crippen molar-refractivity contribution in [2.24, 2.45) is 5.92 Å². The molecule has 2 amide bonds. The molecule has 0 aromatic heterocycles. The van der Waals surface area contributed by atoms with Crippen LogP contribution in [0.25, 0.3) is 0 Å². The van der Waals surface area contributed by atoms with Crippen molar-refractivity contribution in [2.75, 3.05) is 38.1 Å². The highest BCUT2D eigenvalue weighted by atomic mass is 16.2. The second kappa shape index (κ2) is 6.55. The monoisotopic (exact) mass is 329 g/mol. The molecule has 2 fully saturated rings. The van der Waals surface area contributed by atoms with Gasteiger partial charge in [-0.15, -0.1) is 0 Å². The Bertz CT molecular complexity index is 616. The Morgan fingerprint density at radius 1 is 1.21 bits per heavy atom. The maximum Gasteiger partial charge on any atom is 0.241 e. The van der Waals surface area contributed by atoms with Crippen LogP contribution in [-0.4, -0.2) is 60.4 Å². The van der Waals surface area contributed by atoms with Crippen molar-refractivity contribution in [2.45, 2.75) is 32.2 Å². The molecule has 0 N–H and O–H groups in total. The summed E-state index contributed by atoms with van der Waals surface area (Å²) in [5.74, 6) is 0.736. The molecule has 5 nitrogen and oxygen atoms in total. The predicted molar refractivity (Wildman–Crippen MR) is 94.8 cm³/mol. The van der Waals surface area contributed by atoms with Crippen molar-refractivity contribution in [3.63, 3.8) is 0 Å². The maximum absolute atomic E-state index is 12.5. The van der Waals surface area contributed by atoms with Crippen LogP contribution in [0.5, 0.6) is 0 Å². The van der Waals surface area contributed by atoms with Crippen LogP contribution in [0.3, 0.4) is 0 Å². The number of benzene rings is 1. The topological polar surface area (TPSA) is 43.9 Å².